The summed E-state index contributed by atoms with van der Waals surface area (Å²) >= 11 is 6.10. The second-order valence-electron chi connectivity index (χ2n) is 6.28. The van der Waals surface area contributed by atoms with Crippen LogP contribution in [0.25, 0.3) is 0 Å². The highest BCUT2D eigenvalue weighted by molar-refractivity contribution is 7.88. The lowest BCUT2D eigenvalue weighted by molar-refractivity contribution is 0.0634. The third-order valence-corrected chi connectivity index (χ3v) is 5.25. The molecule has 27 heavy (non-hydrogen) atoms. The van der Waals surface area contributed by atoms with E-state index in [0.29, 0.717) is 35.8 Å². The van der Waals surface area contributed by atoms with Crippen molar-refractivity contribution in [2.45, 2.75) is 11.8 Å². The molecule has 1 aliphatic heterocycles. The maximum absolute atomic E-state index is 13.1. The van der Waals surface area contributed by atoms with Gasteiger partial charge < -0.3 is 10.2 Å². The summed E-state index contributed by atoms with van der Waals surface area (Å²) in [6, 6.07) is 13.9. The Kier molecular flexibility index (Phi) is 7.25. The summed E-state index contributed by atoms with van der Waals surface area (Å²) in [5.41, 5.74) is 1.90. The van der Waals surface area contributed by atoms with E-state index in [1.807, 2.05) is 18.2 Å². The van der Waals surface area contributed by atoms with Crippen molar-refractivity contribution in [1.29, 1.82) is 0 Å². The fraction of sp³-hybridized carbons (Fsp3) is 0.278. The number of amides is 1. The highest BCUT2D eigenvalue weighted by Crippen LogP contribution is 2.26. The Labute approximate surface area is 170 Å². The molecule has 1 amide bonds. The van der Waals surface area contributed by atoms with E-state index in [9.17, 15) is 13.2 Å². The van der Waals surface area contributed by atoms with Gasteiger partial charge in [0.05, 0.1) is 11.8 Å². The lowest BCUT2D eigenvalue weighted by Crippen LogP contribution is -2.48. The molecule has 0 aliphatic carbocycles. The number of halogens is 2. The number of nitrogens with zero attached hydrogens (tertiary/aromatic N) is 1. The van der Waals surface area contributed by atoms with Crippen LogP contribution in [-0.4, -0.2) is 38.9 Å². The fourth-order valence-electron chi connectivity index (χ4n) is 3.15. The molecule has 0 bridgehead atoms. The Morgan fingerprint density at radius 3 is 2.67 bits per heavy atom. The van der Waals surface area contributed by atoms with Gasteiger partial charge in [-0.1, -0.05) is 35.9 Å². The van der Waals surface area contributed by atoms with Crippen LogP contribution in [0.4, 0.5) is 0 Å². The van der Waals surface area contributed by atoms with Crippen LogP contribution in [0.3, 0.4) is 0 Å². The zero-order chi connectivity index (χ0) is 18.7. The van der Waals surface area contributed by atoms with Crippen LogP contribution in [0.5, 0.6) is 0 Å². The molecule has 0 saturated carbocycles. The molecular formula is C18H21Cl2N3O3S. The maximum Gasteiger partial charge on any atom is 0.254 e. The minimum atomic E-state index is -3.65. The SMILES string of the molecule is Cl.NS(=O)(=O)Cc1cccc(C(=O)N2CCNCC2c2cccc(Cl)c2)c1. The third-order valence-electron chi connectivity index (χ3n) is 4.28. The Hall–Kier alpha value is -1.64. The van der Waals surface area contributed by atoms with Crippen molar-refractivity contribution < 1.29 is 13.2 Å². The molecule has 1 heterocycles. The van der Waals surface area contributed by atoms with Crippen LogP contribution >= 0.6 is 24.0 Å². The summed E-state index contributed by atoms with van der Waals surface area (Å²) in [4.78, 5) is 14.9. The van der Waals surface area contributed by atoms with Crippen LogP contribution < -0.4 is 10.5 Å². The summed E-state index contributed by atoms with van der Waals surface area (Å²) in [6.45, 7) is 1.87. The lowest BCUT2D eigenvalue weighted by atomic mass is 10.0. The number of primary sulfonamides is 1. The molecule has 0 spiro atoms. The second-order valence-corrected chi connectivity index (χ2v) is 8.33. The highest BCUT2D eigenvalue weighted by Gasteiger charge is 2.28. The molecule has 3 rings (SSSR count). The predicted molar refractivity (Wildman–Crippen MR) is 109 cm³/mol. The molecule has 1 fully saturated rings. The number of nitrogens with two attached hydrogens (primary N) is 1. The maximum atomic E-state index is 13.1. The van der Waals surface area contributed by atoms with Crippen molar-refractivity contribution in [3.05, 3.63) is 70.2 Å². The third kappa shape index (κ3) is 5.67. The Morgan fingerprint density at radius 2 is 1.96 bits per heavy atom. The monoisotopic (exact) mass is 429 g/mol. The van der Waals surface area contributed by atoms with Gasteiger partial charge in [0.15, 0.2) is 0 Å². The van der Waals surface area contributed by atoms with E-state index in [4.69, 9.17) is 16.7 Å². The first kappa shape index (κ1) is 21.7. The molecule has 1 atom stereocenters. The van der Waals surface area contributed by atoms with Crippen LogP contribution in [0.15, 0.2) is 48.5 Å². The number of sulfonamides is 1. The van der Waals surface area contributed by atoms with Gasteiger partial charge in [-0.3, -0.25) is 4.79 Å². The molecule has 2 aromatic carbocycles. The van der Waals surface area contributed by atoms with Gasteiger partial charge in [0, 0.05) is 30.2 Å². The topological polar surface area (TPSA) is 92.5 Å². The van der Waals surface area contributed by atoms with Crippen molar-refractivity contribution in [1.82, 2.24) is 10.2 Å². The van der Waals surface area contributed by atoms with Crippen molar-refractivity contribution >= 4 is 39.9 Å². The Bertz CT molecular complexity index is 922. The van der Waals surface area contributed by atoms with E-state index >= 15 is 0 Å². The van der Waals surface area contributed by atoms with E-state index < -0.39 is 10.0 Å². The number of carbonyl (C=O) groups is 1. The highest BCUT2D eigenvalue weighted by atomic mass is 35.5. The van der Waals surface area contributed by atoms with E-state index in [2.05, 4.69) is 5.32 Å². The van der Waals surface area contributed by atoms with Gasteiger partial charge >= 0.3 is 0 Å². The average Bonchev–Trinajstić information content (AvgIpc) is 2.60. The van der Waals surface area contributed by atoms with Crippen LogP contribution in [0, 0.1) is 0 Å². The van der Waals surface area contributed by atoms with Gasteiger partial charge in [-0.15, -0.1) is 12.4 Å². The molecule has 9 heteroatoms. The smallest absolute Gasteiger partial charge is 0.254 e. The first-order chi connectivity index (χ1) is 12.3. The van der Waals surface area contributed by atoms with Crippen molar-refractivity contribution in [3.8, 4) is 0 Å². The van der Waals surface area contributed by atoms with E-state index in [0.717, 1.165) is 5.56 Å². The Morgan fingerprint density at radius 1 is 1.22 bits per heavy atom. The standard InChI is InChI=1S/C18H20ClN3O3S.ClH/c19-16-6-2-4-14(10-16)17-11-21-7-8-22(17)18(23)15-5-1-3-13(9-15)12-26(20,24)25;/h1-6,9-10,17,21H,7-8,11-12H2,(H2,20,24,25);1H. The quantitative estimate of drug-likeness (QED) is 0.779. The van der Waals surface area contributed by atoms with Gasteiger partial charge in [-0.05, 0) is 35.4 Å². The van der Waals surface area contributed by atoms with Crippen LogP contribution in [0.2, 0.25) is 5.02 Å². The largest absolute Gasteiger partial charge is 0.329 e. The molecular weight excluding hydrogens is 409 g/mol. The van der Waals surface area contributed by atoms with Crippen molar-refractivity contribution in [3.63, 3.8) is 0 Å². The van der Waals surface area contributed by atoms with E-state index in [1.165, 1.54) is 0 Å². The predicted octanol–water partition coefficient (Wildman–Crippen LogP) is 2.34. The average molecular weight is 430 g/mol. The zero-order valence-electron chi connectivity index (χ0n) is 14.5. The number of carbonyl (C=O) groups excluding carboxylic acids is 1. The summed E-state index contributed by atoms with van der Waals surface area (Å²) in [5.74, 6) is -0.444. The fourth-order valence-corrected chi connectivity index (χ4v) is 3.99. The number of piperazine rings is 1. The Balaban J connectivity index is 0.00000261. The van der Waals surface area contributed by atoms with Gasteiger partial charge in [-0.2, -0.15) is 0 Å². The zero-order valence-corrected chi connectivity index (χ0v) is 16.9. The first-order valence-electron chi connectivity index (χ1n) is 8.20. The molecule has 0 radical (unpaired) electrons. The molecule has 0 aromatic heterocycles. The molecule has 6 nitrogen and oxygen atoms in total. The number of hydrogen-bond acceptors (Lipinski definition) is 4. The van der Waals surface area contributed by atoms with Crippen LogP contribution in [-0.2, 0) is 15.8 Å². The summed E-state index contributed by atoms with van der Waals surface area (Å²) in [7, 11) is -3.65. The molecule has 1 unspecified atom stereocenters. The van der Waals surface area contributed by atoms with Gasteiger partial charge in [0.2, 0.25) is 10.0 Å². The summed E-state index contributed by atoms with van der Waals surface area (Å²) in [6.07, 6.45) is 0. The molecule has 3 N–H and O–H groups in total. The van der Waals surface area contributed by atoms with E-state index in [1.54, 1.807) is 35.2 Å². The normalized spacial score (nSPS) is 17.3. The van der Waals surface area contributed by atoms with Gasteiger partial charge in [0.1, 0.15) is 0 Å². The molecule has 146 valence electrons. The summed E-state index contributed by atoms with van der Waals surface area (Å²) in [5, 5.41) is 9.02. The van der Waals surface area contributed by atoms with Gasteiger partial charge in [-0.25, -0.2) is 13.6 Å². The first-order valence-corrected chi connectivity index (χ1v) is 10.3. The number of rotatable bonds is 4. The van der Waals surface area contributed by atoms with Crippen molar-refractivity contribution in [2.24, 2.45) is 5.14 Å². The second kappa shape index (κ2) is 9.03. The van der Waals surface area contributed by atoms with Crippen LogP contribution in [0.1, 0.15) is 27.5 Å². The molecule has 1 aliphatic rings. The minimum Gasteiger partial charge on any atom is -0.329 e. The van der Waals surface area contributed by atoms with Gasteiger partial charge in [0.25, 0.3) is 5.91 Å². The lowest BCUT2D eigenvalue weighted by Gasteiger charge is -2.36. The molecule has 1 saturated heterocycles. The number of hydrogen-bond donors (Lipinski definition) is 2. The van der Waals surface area contributed by atoms with E-state index in [-0.39, 0.29) is 30.1 Å². The summed E-state index contributed by atoms with van der Waals surface area (Å²) < 4.78 is 22.6. The van der Waals surface area contributed by atoms with Crippen molar-refractivity contribution in [2.75, 3.05) is 19.6 Å². The minimum absolute atomic E-state index is 0. The number of benzene rings is 2. The molecule has 2 aromatic rings. The number of nitrogens with one attached hydrogen (secondary N) is 1.